The van der Waals surface area contributed by atoms with Crippen molar-refractivity contribution >= 4 is 11.6 Å². The number of anilines is 2. The lowest BCUT2D eigenvalue weighted by Gasteiger charge is -2.24. The van der Waals surface area contributed by atoms with Crippen molar-refractivity contribution in [3.63, 3.8) is 0 Å². The maximum Gasteiger partial charge on any atom is 0.137 e. The molecule has 0 atom stereocenters. The first-order chi connectivity index (χ1) is 7.74. The number of rotatable bonds is 6. The molecule has 1 aromatic rings. The lowest BCUT2D eigenvalue weighted by Crippen LogP contribution is -2.27. The molecule has 90 valence electrons. The Labute approximate surface area is 98.1 Å². The number of hydrogen-bond donors (Lipinski definition) is 1. The molecule has 0 saturated heterocycles. The van der Waals surface area contributed by atoms with Gasteiger partial charge < -0.3 is 10.2 Å². The number of nitrogens with one attached hydrogen (secondary N) is 1. The third-order valence-corrected chi connectivity index (χ3v) is 2.58. The average Bonchev–Trinajstić information content (AvgIpc) is 2.29. The maximum atomic E-state index is 4.40. The summed E-state index contributed by atoms with van der Waals surface area (Å²) in [4.78, 5) is 10.9. The van der Waals surface area contributed by atoms with Crippen molar-refractivity contribution in [2.24, 2.45) is 0 Å². The molecule has 0 aliphatic heterocycles. The number of nitrogens with zero attached hydrogens (tertiary/aromatic N) is 3. The summed E-state index contributed by atoms with van der Waals surface area (Å²) in [5.74, 6) is 1.98. The van der Waals surface area contributed by atoms with E-state index in [0.717, 1.165) is 43.1 Å². The highest BCUT2D eigenvalue weighted by atomic mass is 15.2. The summed E-state index contributed by atoms with van der Waals surface area (Å²) in [6.45, 7) is 8.56. The van der Waals surface area contributed by atoms with E-state index in [-0.39, 0.29) is 0 Å². The van der Waals surface area contributed by atoms with Crippen LogP contribution in [-0.4, -0.2) is 30.1 Å². The Balaban J connectivity index is 2.98. The van der Waals surface area contributed by atoms with Crippen LogP contribution in [0.3, 0.4) is 0 Å². The van der Waals surface area contributed by atoms with Gasteiger partial charge in [-0.1, -0.05) is 13.8 Å². The van der Waals surface area contributed by atoms with Gasteiger partial charge in [0.25, 0.3) is 0 Å². The first kappa shape index (κ1) is 12.7. The third kappa shape index (κ3) is 2.84. The van der Waals surface area contributed by atoms with Crippen molar-refractivity contribution in [2.45, 2.75) is 33.6 Å². The van der Waals surface area contributed by atoms with E-state index in [1.165, 1.54) is 0 Å². The van der Waals surface area contributed by atoms with Gasteiger partial charge in [0, 0.05) is 25.7 Å². The van der Waals surface area contributed by atoms with Crippen LogP contribution in [0.5, 0.6) is 0 Å². The Morgan fingerprint density at radius 3 is 2.31 bits per heavy atom. The summed E-state index contributed by atoms with van der Waals surface area (Å²) in [5.41, 5.74) is 1.13. The van der Waals surface area contributed by atoms with Gasteiger partial charge >= 0.3 is 0 Å². The minimum absolute atomic E-state index is 0.919. The van der Waals surface area contributed by atoms with Crippen molar-refractivity contribution in [3.05, 3.63) is 11.9 Å². The normalized spacial score (nSPS) is 10.2. The van der Waals surface area contributed by atoms with Crippen molar-refractivity contribution < 1.29 is 0 Å². The van der Waals surface area contributed by atoms with E-state index < -0.39 is 0 Å². The van der Waals surface area contributed by atoms with E-state index in [9.17, 15) is 0 Å². The van der Waals surface area contributed by atoms with Crippen LogP contribution in [0.15, 0.2) is 6.33 Å². The minimum Gasteiger partial charge on any atom is -0.373 e. The predicted molar refractivity (Wildman–Crippen MR) is 69.1 cm³/mol. The van der Waals surface area contributed by atoms with E-state index >= 15 is 0 Å². The van der Waals surface area contributed by atoms with Gasteiger partial charge in [0.05, 0.1) is 0 Å². The Kier molecular flexibility index (Phi) is 5.02. The van der Waals surface area contributed by atoms with E-state index in [1.54, 1.807) is 6.33 Å². The molecular weight excluding hydrogens is 200 g/mol. The molecule has 0 fully saturated rings. The van der Waals surface area contributed by atoms with Crippen LogP contribution in [0.4, 0.5) is 11.6 Å². The topological polar surface area (TPSA) is 41.1 Å². The molecule has 0 amide bonds. The maximum absolute atomic E-state index is 4.40. The van der Waals surface area contributed by atoms with Gasteiger partial charge in [-0.3, -0.25) is 0 Å². The average molecular weight is 222 g/mol. The molecule has 0 unspecified atom stereocenters. The zero-order valence-corrected chi connectivity index (χ0v) is 10.7. The molecule has 0 saturated carbocycles. The highest BCUT2D eigenvalue weighted by Gasteiger charge is 2.11. The molecule has 0 aromatic carbocycles. The van der Waals surface area contributed by atoms with E-state index in [4.69, 9.17) is 0 Å². The highest BCUT2D eigenvalue weighted by molar-refractivity contribution is 5.57. The summed E-state index contributed by atoms with van der Waals surface area (Å²) in [7, 11) is 1.89. The molecule has 4 nitrogen and oxygen atoms in total. The molecule has 0 aliphatic carbocycles. The van der Waals surface area contributed by atoms with Crippen molar-refractivity contribution in [3.8, 4) is 0 Å². The van der Waals surface area contributed by atoms with Gasteiger partial charge in [-0.15, -0.1) is 0 Å². The van der Waals surface area contributed by atoms with Crippen LogP contribution in [0.1, 0.15) is 32.3 Å². The zero-order chi connectivity index (χ0) is 12.0. The van der Waals surface area contributed by atoms with Gasteiger partial charge in [-0.2, -0.15) is 0 Å². The van der Waals surface area contributed by atoms with E-state index in [1.807, 2.05) is 7.05 Å². The largest absolute Gasteiger partial charge is 0.373 e. The molecule has 16 heavy (non-hydrogen) atoms. The van der Waals surface area contributed by atoms with Crippen molar-refractivity contribution in [2.75, 3.05) is 30.4 Å². The number of hydrogen-bond acceptors (Lipinski definition) is 4. The molecule has 0 bridgehead atoms. The standard InChI is InChI=1S/C12H22N4/c1-5-7-16(8-6-2)12-10(3)11(13-4)14-9-15-12/h9H,5-8H2,1-4H3,(H,13,14,15). The zero-order valence-electron chi connectivity index (χ0n) is 10.7. The quantitative estimate of drug-likeness (QED) is 0.802. The van der Waals surface area contributed by atoms with E-state index in [0.29, 0.717) is 0 Å². The fourth-order valence-electron chi connectivity index (χ4n) is 1.88. The van der Waals surface area contributed by atoms with Gasteiger partial charge in [-0.05, 0) is 19.8 Å². The van der Waals surface area contributed by atoms with Crippen LogP contribution in [0, 0.1) is 6.92 Å². The van der Waals surface area contributed by atoms with Gasteiger partial charge in [0.15, 0.2) is 0 Å². The molecular formula is C12H22N4. The summed E-state index contributed by atoms with van der Waals surface area (Å²) in [6, 6.07) is 0. The van der Waals surface area contributed by atoms with Crippen molar-refractivity contribution in [1.82, 2.24) is 9.97 Å². The summed E-state index contributed by atoms with van der Waals surface area (Å²) in [5, 5.41) is 3.10. The molecule has 1 aromatic heterocycles. The Morgan fingerprint density at radius 2 is 1.81 bits per heavy atom. The molecule has 4 heteroatoms. The fraction of sp³-hybridized carbons (Fsp3) is 0.667. The Morgan fingerprint density at radius 1 is 1.19 bits per heavy atom. The summed E-state index contributed by atoms with van der Waals surface area (Å²) < 4.78 is 0. The molecule has 1 rings (SSSR count). The molecule has 0 radical (unpaired) electrons. The molecule has 1 heterocycles. The lowest BCUT2D eigenvalue weighted by atomic mass is 10.2. The third-order valence-electron chi connectivity index (χ3n) is 2.58. The smallest absolute Gasteiger partial charge is 0.137 e. The first-order valence-corrected chi connectivity index (χ1v) is 5.98. The highest BCUT2D eigenvalue weighted by Crippen LogP contribution is 2.22. The first-order valence-electron chi connectivity index (χ1n) is 5.98. The summed E-state index contributed by atoms with van der Waals surface area (Å²) in [6.07, 6.45) is 3.91. The molecule has 1 N–H and O–H groups in total. The lowest BCUT2D eigenvalue weighted by molar-refractivity contribution is 0.730. The van der Waals surface area contributed by atoms with Gasteiger partial charge in [0.2, 0.25) is 0 Å². The van der Waals surface area contributed by atoms with E-state index in [2.05, 4.69) is 41.0 Å². The predicted octanol–water partition coefficient (Wildman–Crippen LogP) is 2.45. The van der Waals surface area contributed by atoms with Crippen LogP contribution < -0.4 is 10.2 Å². The Bertz CT molecular complexity index is 319. The second-order valence-corrected chi connectivity index (χ2v) is 3.91. The SMILES string of the molecule is CCCN(CCC)c1ncnc(NC)c1C. The fourth-order valence-corrected chi connectivity index (χ4v) is 1.88. The van der Waals surface area contributed by atoms with Crippen LogP contribution in [0.2, 0.25) is 0 Å². The van der Waals surface area contributed by atoms with Gasteiger partial charge in [-0.25, -0.2) is 9.97 Å². The van der Waals surface area contributed by atoms with Crippen LogP contribution in [0.25, 0.3) is 0 Å². The van der Waals surface area contributed by atoms with Crippen molar-refractivity contribution in [1.29, 1.82) is 0 Å². The summed E-state index contributed by atoms with van der Waals surface area (Å²) >= 11 is 0. The van der Waals surface area contributed by atoms with Gasteiger partial charge in [0.1, 0.15) is 18.0 Å². The monoisotopic (exact) mass is 222 g/mol. The minimum atomic E-state index is 0.919. The Hall–Kier alpha value is -1.32. The van der Waals surface area contributed by atoms with Crippen LogP contribution in [-0.2, 0) is 0 Å². The number of aromatic nitrogens is 2. The molecule has 0 aliphatic rings. The van der Waals surface area contributed by atoms with Crippen LogP contribution >= 0.6 is 0 Å². The second-order valence-electron chi connectivity index (χ2n) is 3.91. The second kappa shape index (κ2) is 6.30. The molecule has 0 spiro atoms.